The Hall–Kier alpha value is -0.420. The van der Waals surface area contributed by atoms with Crippen molar-refractivity contribution in [3.8, 4) is 0 Å². The molecule has 1 atom stereocenters. The van der Waals surface area contributed by atoms with E-state index in [1.165, 1.54) is 0 Å². The zero-order valence-electron chi connectivity index (χ0n) is 9.21. The number of hydrogen-bond acceptors (Lipinski definition) is 2. The van der Waals surface area contributed by atoms with Crippen LogP contribution in [0, 0.1) is 5.92 Å². The SMILES string of the molecule is C[C@H]1CNCCN1C(=O)C1CC(F)(F)C1.Cl. The van der Waals surface area contributed by atoms with Gasteiger partial charge >= 0.3 is 0 Å². The van der Waals surface area contributed by atoms with Gasteiger partial charge in [-0.3, -0.25) is 4.79 Å². The van der Waals surface area contributed by atoms with Crippen LogP contribution in [0.4, 0.5) is 8.78 Å². The van der Waals surface area contributed by atoms with Crippen LogP contribution in [0.5, 0.6) is 0 Å². The molecule has 2 rings (SSSR count). The summed E-state index contributed by atoms with van der Waals surface area (Å²) in [5.41, 5.74) is 0. The minimum absolute atomic E-state index is 0. The van der Waals surface area contributed by atoms with E-state index in [4.69, 9.17) is 0 Å². The third-order valence-electron chi connectivity index (χ3n) is 3.22. The topological polar surface area (TPSA) is 32.3 Å². The van der Waals surface area contributed by atoms with Crippen molar-refractivity contribution in [2.75, 3.05) is 19.6 Å². The van der Waals surface area contributed by atoms with Gasteiger partial charge in [0.1, 0.15) is 0 Å². The van der Waals surface area contributed by atoms with Crippen molar-refractivity contribution in [1.82, 2.24) is 10.2 Å². The molecule has 1 N–H and O–H groups in total. The summed E-state index contributed by atoms with van der Waals surface area (Å²) in [7, 11) is 0. The highest BCUT2D eigenvalue weighted by molar-refractivity contribution is 5.85. The van der Waals surface area contributed by atoms with E-state index < -0.39 is 11.8 Å². The maximum atomic E-state index is 12.6. The summed E-state index contributed by atoms with van der Waals surface area (Å²) < 4.78 is 25.3. The highest BCUT2D eigenvalue weighted by Crippen LogP contribution is 2.43. The molecule has 0 radical (unpaired) electrons. The van der Waals surface area contributed by atoms with Gasteiger partial charge in [-0.05, 0) is 6.92 Å². The summed E-state index contributed by atoms with van der Waals surface area (Å²) in [6.07, 6.45) is -0.523. The summed E-state index contributed by atoms with van der Waals surface area (Å²) in [6, 6.07) is 0.125. The molecule has 6 heteroatoms. The zero-order chi connectivity index (χ0) is 11.1. The fourth-order valence-corrected chi connectivity index (χ4v) is 2.24. The van der Waals surface area contributed by atoms with Gasteiger partial charge in [0.15, 0.2) is 0 Å². The van der Waals surface area contributed by atoms with E-state index in [-0.39, 0.29) is 37.2 Å². The lowest BCUT2D eigenvalue weighted by Crippen LogP contribution is -2.56. The standard InChI is InChI=1S/C10H16F2N2O.ClH/c1-7-6-13-2-3-14(7)9(15)8-4-10(11,12)5-8;/h7-8,13H,2-6H2,1H3;1H/t7-;/m0./s1. The minimum Gasteiger partial charge on any atom is -0.337 e. The van der Waals surface area contributed by atoms with Crippen LogP contribution in [-0.2, 0) is 4.79 Å². The predicted octanol–water partition coefficient (Wildman–Crippen LogP) is 1.27. The van der Waals surface area contributed by atoms with Crippen molar-refractivity contribution in [3.63, 3.8) is 0 Å². The molecule has 1 heterocycles. The molecule has 0 spiro atoms. The first kappa shape index (κ1) is 13.6. The molecule has 0 bridgehead atoms. The molecule has 0 aromatic rings. The molecule has 1 saturated heterocycles. The summed E-state index contributed by atoms with van der Waals surface area (Å²) in [5, 5.41) is 3.17. The lowest BCUT2D eigenvalue weighted by Gasteiger charge is -2.41. The Kier molecular flexibility index (Phi) is 4.12. The van der Waals surface area contributed by atoms with Crippen molar-refractivity contribution in [1.29, 1.82) is 0 Å². The van der Waals surface area contributed by atoms with Crippen LogP contribution in [0.3, 0.4) is 0 Å². The minimum atomic E-state index is -2.60. The normalized spacial score (nSPS) is 29.2. The second-order valence-corrected chi connectivity index (χ2v) is 4.55. The van der Waals surface area contributed by atoms with Crippen molar-refractivity contribution >= 4 is 18.3 Å². The predicted molar refractivity (Wildman–Crippen MR) is 59.0 cm³/mol. The van der Waals surface area contributed by atoms with Crippen molar-refractivity contribution in [2.24, 2.45) is 5.92 Å². The molecular formula is C10H17ClF2N2O. The van der Waals surface area contributed by atoms with Crippen molar-refractivity contribution in [2.45, 2.75) is 31.7 Å². The van der Waals surface area contributed by atoms with Gasteiger partial charge in [0.2, 0.25) is 11.8 Å². The van der Waals surface area contributed by atoms with Crippen LogP contribution >= 0.6 is 12.4 Å². The maximum absolute atomic E-state index is 12.6. The summed E-state index contributed by atoms with van der Waals surface area (Å²) in [5.74, 6) is -3.13. The Bertz CT molecular complexity index is 268. The number of hydrogen-bond donors (Lipinski definition) is 1. The first-order valence-corrected chi connectivity index (χ1v) is 5.39. The fourth-order valence-electron chi connectivity index (χ4n) is 2.24. The molecule has 2 fully saturated rings. The number of carbonyl (C=O) groups excluding carboxylic acids is 1. The highest BCUT2D eigenvalue weighted by Gasteiger charge is 2.50. The number of nitrogens with one attached hydrogen (secondary N) is 1. The number of alkyl halides is 2. The Morgan fingerprint density at radius 2 is 2.06 bits per heavy atom. The van der Waals surface area contributed by atoms with Gasteiger partial charge in [0.05, 0.1) is 0 Å². The smallest absolute Gasteiger partial charge is 0.249 e. The fraction of sp³-hybridized carbons (Fsp3) is 0.900. The molecule has 1 amide bonds. The van der Waals surface area contributed by atoms with Gasteiger partial charge < -0.3 is 10.2 Å². The van der Waals surface area contributed by atoms with Gasteiger partial charge in [0.25, 0.3) is 0 Å². The van der Waals surface area contributed by atoms with Crippen LogP contribution < -0.4 is 5.32 Å². The van der Waals surface area contributed by atoms with E-state index in [1.807, 2.05) is 6.92 Å². The average Bonchev–Trinajstić information content (AvgIpc) is 2.14. The quantitative estimate of drug-likeness (QED) is 0.765. The number of amides is 1. The van der Waals surface area contributed by atoms with Crippen LogP contribution in [0.1, 0.15) is 19.8 Å². The van der Waals surface area contributed by atoms with Gasteiger partial charge in [-0.25, -0.2) is 8.78 Å². The lowest BCUT2D eigenvalue weighted by molar-refractivity contribution is -0.162. The Morgan fingerprint density at radius 3 is 2.56 bits per heavy atom. The molecule has 0 aromatic heterocycles. The molecule has 94 valence electrons. The van der Waals surface area contributed by atoms with E-state index in [1.54, 1.807) is 4.90 Å². The Labute approximate surface area is 100.0 Å². The second-order valence-electron chi connectivity index (χ2n) is 4.55. The molecule has 1 aliphatic heterocycles. The van der Waals surface area contributed by atoms with Crippen LogP contribution in [-0.4, -0.2) is 42.4 Å². The third-order valence-corrected chi connectivity index (χ3v) is 3.22. The molecule has 16 heavy (non-hydrogen) atoms. The number of carbonyl (C=O) groups is 1. The summed E-state index contributed by atoms with van der Waals surface area (Å²) in [4.78, 5) is 13.6. The molecule has 0 unspecified atom stereocenters. The summed E-state index contributed by atoms with van der Waals surface area (Å²) in [6.45, 7) is 4.11. The second kappa shape index (κ2) is 4.84. The van der Waals surface area contributed by atoms with Gasteiger partial charge in [-0.15, -0.1) is 12.4 Å². The zero-order valence-corrected chi connectivity index (χ0v) is 10.0. The molecule has 2 aliphatic rings. The average molecular weight is 255 g/mol. The van der Waals surface area contributed by atoms with Crippen molar-refractivity contribution < 1.29 is 13.6 Å². The third kappa shape index (κ3) is 2.63. The molecule has 1 saturated carbocycles. The number of halogens is 3. The molecule has 3 nitrogen and oxygen atoms in total. The highest BCUT2D eigenvalue weighted by atomic mass is 35.5. The van der Waals surface area contributed by atoms with Crippen LogP contribution in [0.25, 0.3) is 0 Å². The van der Waals surface area contributed by atoms with E-state index >= 15 is 0 Å². The van der Waals surface area contributed by atoms with E-state index in [2.05, 4.69) is 5.32 Å². The van der Waals surface area contributed by atoms with E-state index in [0.29, 0.717) is 6.54 Å². The molecular weight excluding hydrogens is 238 g/mol. The molecule has 0 aromatic carbocycles. The lowest BCUT2D eigenvalue weighted by atomic mass is 9.80. The van der Waals surface area contributed by atoms with Gasteiger partial charge in [-0.2, -0.15) is 0 Å². The summed E-state index contributed by atoms with van der Waals surface area (Å²) >= 11 is 0. The molecule has 1 aliphatic carbocycles. The van der Waals surface area contributed by atoms with Crippen molar-refractivity contribution in [3.05, 3.63) is 0 Å². The first-order valence-electron chi connectivity index (χ1n) is 5.39. The van der Waals surface area contributed by atoms with Crippen LogP contribution in [0.15, 0.2) is 0 Å². The number of nitrogens with zero attached hydrogens (tertiary/aromatic N) is 1. The van der Waals surface area contributed by atoms with Gasteiger partial charge in [-0.1, -0.05) is 0 Å². The monoisotopic (exact) mass is 254 g/mol. The van der Waals surface area contributed by atoms with E-state index in [0.717, 1.165) is 13.1 Å². The maximum Gasteiger partial charge on any atom is 0.249 e. The van der Waals surface area contributed by atoms with Gasteiger partial charge in [0, 0.05) is 44.4 Å². The largest absolute Gasteiger partial charge is 0.337 e. The Balaban J connectivity index is 0.00000128. The number of rotatable bonds is 1. The van der Waals surface area contributed by atoms with Crippen LogP contribution in [0.2, 0.25) is 0 Å². The first-order chi connectivity index (χ1) is 6.99. The number of piperazine rings is 1. The van der Waals surface area contributed by atoms with E-state index in [9.17, 15) is 13.6 Å². The Morgan fingerprint density at radius 1 is 1.44 bits per heavy atom.